The second-order valence-corrected chi connectivity index (χ2v) is 6.22. The largest absolute Gasteiger partial charge is 0.331 e. The third kappa shape index (κ3) is 2.12. The fraction of sp³-hybridized carbons (Fsp3) is 0.471. The van der Waals surface area contributed by atoms with Gasteiger partial charge in [0.1, 0.15) is 5.82 Å². The molecule has 1 aliphatic heterocycles. The first-order valence-corrected chi connectivity index (χ1v) is 8.04. The van der Waals surface area contributed by atoms with Crippen molar-refractivity contribution >= 4 is 5.91 Å². The number of benzene rings is 1. The molecule has 2 aromatic rings. The van der Waals surface area contributed by atoms with Crippen LogP contribution in [0.1, 0.15) is 38.1 Å². The summed E-state index contributed by atoms with van der Waals surface area (Å²) in [5, 5.41) is 4.61. The Labute approximate surface area is 130 Å². The highest BCUT2D eigenvalue weighted by atomic mass is 16.2. The first-order chi connectivity index (χ1) is 10.7. The summed E-state index contributed by atoms with van der Waals surface area (Å²) in [7, 11) is 0. The normalized spacial score (nSPS) is 21.3. The van der Waals surface area contributed by atoms with Crippen molar-refractivity contribution in [3.8, 4) is 11.4 Å². The average molecular weight is 296 g/mol. The van der Waals surface area contributed by atoms with Gasteiger partial charge in [0.2, 0.25) is 5.91 Å². The smallest absolute Gasteiger partial charge is 0.226 e. The number of amides is 1. The van der Waals surface area contributed by atoms with E-state index in [1.807, 2.05) is 39.9 Å². The Morgan fingerprint density at radius 2 is 1.95 bits per heavy atom. The number of rotatable bonds is 2. The van der Waals surface area contributed by atoms with Crippen molar-refractivity contribution in [2.45, 2.75) is 38.8 Å². The van der Waals surface area contributed by atoms with Crippen LogP contribution in [0, 0.1) is 5.92 Å². The van der Waals surface area contributed by atoms with Crippen molar-refractivity contribution in [3.63, 3.8) is 0 Å². The van der Waals surface area contributed by atoms with Gasteiger partial charge in [0.25, 0.3) is 0 Å². The number of aromatic nitrogens is 3. The Bertz CT molecular complexity index is 690. The van der Waals surface area contributed by atoms with Crippen LogP contribution in [-0.2, 0) is 11.3 Å². The molecule has 0 spiro atoms. The van der Waals surface area contributed by atoms with E-state index < -0.39 is 0 Å². The van der Waals surface area contributed by atoms with Crippen LogP contribution in [0.2, 0.25) is 0 Å². The van der Waals surface area contributed by atoms with Crippen LogP contribution in [0.5, 0.6) is 0 Å². The number of fused-ring (bicyclic) bond motifs is 1. The van der Waals surface area contributed by atoms with Crippen molar-refractivity contribution in [1.82, 2.24) is 19.7 Å². The molecule has 1 aliphatic carbocycles. The predicted octanol–water partition coefficient (Wildman–Crippen LogP) is 2.65. The van der Waals surface area contributed by atoms with Crippen LogP contribution < -0.4 is 0 Å². The molecule has 1 amide bonds. The molecule has 2 heterocycles. The van der Waals surface area contributed by atoms with E-state index in [1.54, 1.807) is 0 Å². The lowest BCUT2D eigenvalue weighted by atomic mass is 9.84. The molecular formula is C17H20N4O. The van der Waals surface area contributed by atoms with E-state index in [0.717, 1.165) is 43.1 Å². The van der Waals surface area contributed by atoms with Gasteiger partial charge in [-0.1, -0.05) is 36.8 Å². The molecule has 0 radical (unpaired) electrons. The van der Waals surface area contributed by atoms with Crippen LogP contribution in [0.4, 0.5) is 0 Å². The maximum atomic E-state index is 12.5. The molecule has 5 heteroatoms. The summed E-state index contributed by atoms with van der Waals surface area (Å²) in [5.74, 6) is 2.19. The molecule has 114 valence electrons. The van der Waals surface area contributed by atoms with Crippen LogP contribution >= 0.6 is 0 Å². The van der Waals surface area contributed by atoms with Crippen molar-refractivity contribution in [1.29, 1.82) is 0 Å². The Morgan fingerprint density at radius 3 is 2.64 bits per heavy atom. The van der Waals surface area contributed by atoms with Gasteiger partial charge < -0.3 is 4.90 Å². The minimum absolute atomic E-state index is 0.00631. The van der Waals surface area contributed by atoms with E-state index in [4.69, 9.17) is 4.98 Å². The summed E-state index contributed by atoms with van der Waals surface area (Å²) in [6.45, 7) is 3.53. The number of carbonyl (C=O) groups excluding carboxylic acids is 1. The molecule has 1 aromatic carbocycles. The van der Waals surface area contributed by atoms with Gasteiger partial charge >= 0.3 is 0 Å². The highest BCUT2D eigenvalue weighted by Gasteiger charge is 2.36. The highest BCUT2D eigenvalue weighted by Crippen LogP contribution is 2.33. The van der Waals surface area contributed by atoms with E-state index in [9.17, 15) is 4.79 Å². The monoisotopic (exact) mass is 296 g/mol. The molecular weight excluding hydrogens is 276 g/mol. The van der Waals surface area contributed by atoms with Crippen molar-refractivity contribution in [3.05, 3.63) is 36.2 Å². The van der Waals surface area contributed by atoms with Crippen LogP contribution in [0.3, 0.4) is 0 Å². The van der Waals surface area contributed by atoms with Gasteiger partial charge in [-0.3, -0.25) is 4.79 Å². The third-order valence-electron chi connectivity index (χ3n) is 4.86. The van der Waals surface area contributed by atoms with Crippen LogP contribution in [0.25, 0.3) is 11.4 Å². The maximum Gasteiger partial charge on any atom is 0.226 e. The molecule has 4 rings (SSSR count). The van der Waals surface area contributed by atoms with Gasteiger partial charge in [0, 0.05) is 18.0 Å². The number of nitrogens with zero attached hydrogens (tertiary/aromatic N) is 4. The lowest BCUT2D eigenvalue weighted by Crippen LogP contribution is -2.45. The van der Waals surface area contributed by atoms with Gasteiger partial charge in [-0.2, -0.15) is 5.10 Å². The van der Waals surface area contributed by atoms with E-state index in [0.29, 0.717) is 5.91 Å². The van der Waals surface area contributed by atoms with Crippen LogP contribution in [0.15, 0.2) is 30.3 Å². The lowest BCUT2D eigenvalue weighted by molar-refractivity contribution is -0.141. The first kappa shape index (κ1) is 13.5. The number of hydrogen-bond donors (Lipinski definition) is 0. The maximum absolute atomic E-state index is 12.5. The molecule has 1 fully saturated rings. The molecule has 2 aliphatic rings. The summed E-state index contributed by atoms with van der Waals surface area (Å²) in [4.78, 5) is 19.2. The Balaban J connectivity index is 1.62. The number of carbonyl (C=O) groups is 1. The third-order valence-corrected chi connectivity index (χ3v) is 4.86. The Hall–Kier alpha value is -2.17. The van der Waals surface area contributed by atoms with Gasteiger partial charge in [-0.15, -0.1) is 0 Å². The SMILES string of the molecule is C[C@H]1c2nc(-c3ccccc3)nn2CCN1C(=O)C1CCC1. The second-order valence-electron chi connectivity index (χ2n) is 6.22. The molecule has 22 heavy (non-hydrogen) atoms. The molecule has 1 atom stereocenters. The molecule has 1 saturated carbocycles. The fourth-order valence-electron chi connectivity index (χ4n) is 3.26. The van der Waals surface area contributed by atoms with E-state index >= 15 is 0 Å². The summed E-state index contributed by atoms with van der Waals surface area (Å²) in [6, 6.07) is 10.0. The molecule has 0 N–H and O–H groups in total. The molecule has 1 aromatic heterocycles. The van der Waals surface area contributed by atoms with Crippen molar-refractivity contribution in [2.75, 3.05) is 6.54 Å². The van der Waals surface area contributed by atoms with Crippen molar-refractivity contribution in [2.24, 2.45) is 5.92 Å². The van der Waals surface area contributed by atoms with E-state index in [2.05, 4.69) is 12.0 Å². The summed E-state index contributed by atoms with van der Waals surface area (Å²) in [5.41, 5.74) is 1.02. The van der Waals surface area contributed by atoms with Gasteiger partial charge in [0.15, 0.2) is 5.82 Å². The van der Waals surface area contributed by atoms with Crippen molar-refractivity contribution < 1.29 is 4.79 Å². The van der Waals surface area contributed by atoms with Gasteiger partial charge in [-0.25, -0.2) is 9.67 Å². The zero-order chi connectivity index (χ0) is 15.1. The molecule has 0 unspecified atom stereocenters. The Morgan fingerprint density at radius 1 is 1.18 bits per heavy atom. The fourth-order valence-corrected chi connectivity index (χ4v) is 3.26. The van der Waals surface area contributed by atoms with Crippen LogP contribution in [-0.4, -0.2) is 32.1 Å². The summed E-state index contributed by atoms with van der Waals surface area (Å²) < 4.78 is 1.96. The molecule has 0 bridgehead atoms. The highest BCUT2D eigenvalue weighted by molar-refractivity contribution is 5.80. The lowest BCUT2D eigenvalue weighted by Gasteiger charge is -2.37. The first-order valence-electron chi connectivity index (χ1n) is 8.04. The second kappa shape index (κ2) is 5.23. The average Bonchev–Trinajstić information content (AvgIpc) is 2.92. The minimum Gasteiger partial charge on any atom is -0.331 e. The number of hydrogen-bond acceptors (Lipinski definition) is 3. The predicted molar refractivity (Wildman–Crippen MR) is 82.9 cm³/mol. The zero-order valence-electron chi connectivity index (χ0n) is 12.8. The van der Waals surface area contributed by atoms with Gasteiger partial charge in [-0.05, 0) is 19.8 Å². The topological polar surface area (TPSA) is 51.0 Å². The van der Waals surface area contributed by atoms with E-state index in [-0.39, 0.29) is 12.0 Å². The quantitative estimate of drug-likeness (QED) is 0.856. The summed E-state index contributed by atoms with van der Waals surface area (Å²) >= 11 is 0. The minimum atomic E-state index is 0.00631. The summed E-state index contributed by atoms with van der Waals surface area (Å²) in [6.07, 6.45) is 3.28. The standard InChI is InChI=1S/C17H20N4O/c1-12-16-18-15(13-6-3-2-4-7-13)19-21(16)11-10-20(12)17(22)14-8-5-9-14/h2-4,6-7,12,14H,5,8-11H2,1H3/t12-/m0/s1. The molecule has 0 saturated heterocycles. The molecule has 5 nitrogen and oxygen atoms in total. The zero-order valence-corrected chi connectivity index (χ0v) is 12.8. The Kier molecular flexibility index (Phi) is 3.21. The van der Waals surface area contributed by atoms with Gasteiger partial charge in [0.05, 0.1) is 12.6 Å². The van der Waals surface area contributed by atoms with E-state index in [1.165, 1.54) is 6.42 Å².